The van der Waals surface area contributed by atoms with Crippen LogP contribution < -0.4 is 0 Å². The fourth-order valence-electron chi connectivity index (χ4n) is 13.3. The number of hydrogen-bond donors (Lipinski definition) is 11. The van der Waals surface area contributed by atoms with Gasteiger partial charge >= 0.3 is 0 Å². The molecule has 21 atom stereocenters. The van der Waals surface area contributed by atoms with Crippen molar-refractivity contribution >= 4 is 0 Å². The summed E-state index contributed by atoms with van der Waals surface area (Å²) in [7, 11) is 0. The fraction of sp³-hybridized carbons (Fsp3) is 0.952. The lowest BCUT2D eigenvalue weighted by molar-refractivity contribution is -0.349. The van der Waals surface area contributed by atoms with Gasteiger partial charge in [-0.05, 0) is 111 Å². The van der Waals surface area contributed by atoms with Gasteiger partial charge in [-0.15, -0.1) is 0 Å². The summed E-state index contributed by atoms with van der Waals surface area (Å²) in [6, 6.07) is 0. The van der Waals surface area contributed by atoms with E-state index in [0.29, 0.717) is 38.5 Å². The summed E-state index contributed by atoms with van der Waals surface area (Å²) >= 11 is 0. The van der Waals surface area contributed by atoms with Crippen molar-refractivity contribution in [3.8, 4) is 0 Å². The molecule has 0 spiro atoms. The van der Waals surface area contributed by atoms with Crippen LogP contribution in [0.3, 0.4) is 0 Å². The number of aliphatic hydroxyl groups is 11. The van der Waals surface area contributed by atoms with E-state index in [1.54, 1.807) is 26.0 Å². The molecule has 21 unspecified atom stereocenters. The molecule has 330 valence electrons. The number of ether oxygens (including phenoxy) is 4. The van der Waals surface area contributed by atoms with Gasteiger partial charge in [0.05, 0.1) is 42.7 Å². The first-order chi connectivity index (χ1) is 26.3. The highest BCUT2D eigenvalue weighted by atomic mass is 16.7. The maximum atomic E-state index is 12.6. The van der Waals surface area contributed by atoms with Crippen molar-refractivity contribution in [3.05, 3.63) is 12.2 Å². The van der Waals surface area contributed by atoms with Gasteiger partial charge in [-0.3, -0.25) is 0 Å². The van der Waals surface area contributed by atoms with Gasteiger partial charge in [-0.2, -0.15) is 0 Å². The van der Waals surface area contributed by atoms with Crippen LogP contribution >= 0.6 is 0 Å². The third-order valence-corrected chi connectivity index (χ3v) is 16.5. The Bertz CT molecular complexity index is 1440. The van der Waals surface area contributed by atoms with Crippen molar-refractivity contribution in [2.45, 2.75) is 191 Å². The van der Waals surface area contributed by atoms with Crippen molar-refractivity contribution in [1.82, 2.24) is 0 Å². The molecule has 0 bridgehead atoms. The van der Waals surface area contributed by atoms with Crippen LogP contribution in [0, 0.1) is 45.3 Å². The molecule has 0 amide bonds. The highest BCUT2D eigenvalue weighted by molar-refractivity contribution is 5.22. The molecule has 6 aliphatic rings. The van der Waals surface area contributed by atoms with Crippen molar-refractivity contribution in [2.75, 3.05) is 13.2 Å². The third kappa shape index (κ3) is 7.49. The average molecular weight is 817 g/mol. The summed E-state index contributed by atoms with van der Waals surface area (Å²) in [5, 5.41) is 119. The van der Waals surface area contributed by atoms with Crippen molar-refractivity contribution in [2.24, 2.45) is 45.3 Å². The Morgan fingerprint density at radius 3 is 1.84 bits per heavy atom. The molecule has 15 nitrogen and oxygen atoms in total. The predicted octanol–water partition coefficient (Wildman–Crippen LogP) is 0.0906. The zero-order valence-electron chi connectivity index (χ0n) is 34.9. The SMILES string of the molecule is CC(C)(O)/C=C/CC(C)(OC1OC(CO)C(O)C(O)C1O)C1CCC2(C)C1C(O)CC1C3(C)CCC(O)C(C)(C)C3C(OC3OC(CO)C(O)C(O)C3O)CC12C. The van der Waals surface area contributed by atoms with Gasteiger partial charge in [0.15, 0.2) is 12.6 Å². The lowest BCUT2D eigenvalue weighted by atomic mass is 9.34. The van der Waals surface area contributed by atoms with Crippen LogP contribution in [0.25, 0.3) is 0 Å². The van der Waals surface area contributed by atoms with E-state index in [4.69, 9.17) is 18.9 Å². The first-order valence-corrected chi connectivity index (χ1v) is 21.0. The van der Waals surface area contributed by atoms with Gasteiger partial charge in [0.2, 0.25) is 0 Å². The topological polar surface area (TPSA) is 259 Å². The van der Waals surface area contributed by atoms with Crippen LogP contribution in [-0.4, -0.2) is 160 Å². The van der Waals surface area contributed by atoms with E-state index in [1.165, 1.54) is 0 Å². The van der Waals surface area contributed by atoms with E-state index in [0.717, 1.165) is 0 Å². The minimum atomic E-state index is -1.65. The second-order valence-electron chi connectivity index (χ2n) is 20.7. The molecule has 57 heavy (non-hydrogen) atoms. The Balaban J connectivity index is 1.40. The zero-order chi connectivity index (χ0) is 42.4. The smallest absolute Gasteiger partial charge is 0.187 e. The molecule has 0 aromatic rings. The second kappa shape index (κ2) is 15.8. The van der Waals surface area contributed by atoms with Crippen molar-refractivity contribution < 1.29 is 75.1 Å². The predicted molar refractivity (Wildman–Crippen MR) is 204 cm³/mol. The molecule has 15 heteroatoms. The lowest BCUT2D eigenvalue weighted by Crippen LogP contribution is -2.71. The van der Waals surface area contributed by atoms with Gasteiger partial charge in [0.25, 0.3) is 0 Å². The summed E-state index contributed by atoms with van der Waals surface area (Å²) in [6.07, 6.45) is -9.91. The first kappa shape index (κ1) is 45.7. The highest BCUT2D eigenvalue weighted by Crippen LogP contribution is 2.76. The average Bonchev–Trinajstić information content (AvgIpc) is 3.51. The Kier molecular flexibility index (Phi) is 12.7. The van der Waals surface area contributed by atoms with Crippen LogP contribution in [0.15, 0.2) is 12.2 Å². The molecule has 2 aliphatic heterocycles. The number of aliphatic hydroxyl groups excluding tert-OH is 10. The van der Waals surface area contributed by atoms with E-state index in [9.17, 15) is 56.2 Å². The summed E-state index contributed by atoms with van der Waals surface area (Å²) in [4.78, 5) is 0. The van der Waals surface area contributed by atoms with E-state index >= 15 is 0 Å². The van der Waals surface area contributed by atoms with Gasteiger partial charge < -0.3 is 75.1 Å². The van der Waals surface area contributed by atoms with Crippen LogP contribution in [0.2, 0.25) is 0 Å². The van der Waals surface area contributed by atoms with Gasteiger partial charge in [-0.25, -0.2) is 0 Å². The molecular formula is C42H72O15. The molecule has 0 radical (unpaired) electrons. The fourth-order valence-corrected chi connectivity index (χ4v) is 13.3. The minimum absolute atomic E-state index is 0.0425. The molecule has 6 rings (SSSR count). The number of fused-ring (bicyclic) bond motifs is 5. The van der Waals surface area contributed by atoms with E-state index < -0.39 is 126 Å². The van der Waals surface area contributed by atoms with Gasteiger partial charge in [-0.1, -0.05) is 46.8 Å². The van der Waals surface area contributed by atoms with Crippen molar-refractivity contribution in [1.29, 1.82) is 0 Å². The molecule has 4 aliphatic carbocycles. The Morgan fingerprint density at radius 1 is 0.719 bits per heavy atom. The van der Waals surface area contributed by atoms with Crippen LogP contribution in [-0.2, 0) is 18.9 Å². The summed E-state index contributed by atoms with van der Waals surface area (Å²) in [6.45, 7) is 14.6. The monoisotopic (exact) mass is 816 g/mol. The Labute approximate surface area is 336 Å². The maximum absolute atomic E-state index is 12.6. The highest BCUT2D eigenvalue weighted by Gasteiger charge is 2.74. The number of rotatable bonds is 10. The van der Waals surface area contributed by atoms with Crippen molar-refractivity contribution in [3.63, 3.8) is 0 Å². The molecular weight excluding hydrogens is 744 g/mol. The van der Waals surface area contributed by atoms with Crippen LogP contribution in [0.1, 0.15) is 100 Å². The third-order valence-electron chi connectivity index (χ3n) is 16.5. The van der Waals surface area contributed by atoms with Crippen LogP contribution in [0.5, 0.6) is 0 Å². The molecule has 2 saturated heterocycles. The maximum Gasteiger partial charge on any atom is 0.187 e. The van der Waals surface area contributed by atoms with E-state index in [1.807, 2.05) is 20.8 Å². The molecule has 2 heterocycles. The first-order valence-electron chi connectivity index (χ1n) is 21.0. The standard InChI is InChI=1S/C42H72O15/c1-37(2,53)12-9-13-42(8,57-36-33(52)31(50)29(48)24(19-44)56-36)20-10-15-40(6)27(20)21(45)16-25-39(5)14-11-26(46)38(3,4)34(39)22(17-41(25,40)7)54-35-32(51)30(49)28(47)23(18-43)55-35/h9,12,20-36,43-53H,10-11,13-19H2,1-8H3/b12-9+. The largest absolute Gasteiger partial charge is 0.394 e. The van der Waals surface area contributed by atoms with Gasteiger partial charge in [0.1, 0.15) is 48.8 Å². The number of hydrogen-bond acceptors (Lipinski definition) is 15. The normalized spacial score (nSPS) is 52.5. The molecule has 4 saturated carbocycles. The Morgan fingerprint density at radius 2 is 1.28 bits per heavy atom. The van der Waals surface area contributed by atoms with E-state index in [-0.39, 0.29) is 30.1 Å². The van der Waals surface area contributed by atoms with Crippen LogP contribution in [0.4, 0.5) is 0 Å². The summed E-state index contributed by atoms with van der Waals surface area (Å²) < 4.78 is 25.3. The summed E-state index contributed by atoms with van der Waals surface area (Å²) in [5.41, 5.74) is -4.55. The zero-order valence-corrected chi connectivity index (χ0v) is 34.9. The molecule has 0 aromatic heterocycles. The lowest BCUT2D eigenvalue weighted by Gasteiger charge is -2.72. The Hall–Kier alpha value is -0.860. The molecule has 0 aromatic carbocycles. The minimum Gasteiger partial charge on any atom is -0.394 e. The molecule has 6 fully saturated rings. The van der Waals surface area contributed by atoms with Gasteiger partial charge in [0, 0.05) is 0 Å². The molecule has 11 N–H and O–H groups in total. The van der Waals surface area contributed by atoms with E-state index in [2.05, 4.69) is 20.8 Å². The second-order valence-corrected chi connectivity index (χ2v) is 20.7. The summed E-state index contributed by atoms with van der Waals surface area (Å²) in [5.74, 6) is -1.05. The quantitative estimate of drug-likeness (QED) is 0.103.